The maximum Gasteiger partial charge on any atom is 0.266 e. The molecule has 19 heavy (non-hydrogen) atoms. The number of aryl methyl sites for hydroxylation is 2. The fraction of sp³-hybridized carbons (Fsp3) is 0.429. The Labute approximate surface area is 115 Å². The highest BCUT2D eigenvalue weighted by atomic mass is 32.1. The van der Waals surface area contributed by atoms with Gasteiger partial charge >= 0.3 is 0 Å². The van der Waals surface area contributed by atoms with E-state index in [0.29, 0.717) is 11.7 Å². The molecule has 0 unspecified atom stereocenters. The van der Waals surface area contributed by atoms with E-state index < -0.39 is 0 Å². The predicted octanol–water partition coefficient (Wildman–Crippen LogP) is 3.74. The Morgan fingerprint density at radius 1 is 1.58 bits per heavy atom. The van der Waals surface area contributed by atoms with Crippen molar-refractivity contribution in [2.24, 2.45) is 0 Å². The highest BCUT2D eigenvalue weighted by molar-refractivity contribution is 7.14. The van der Waals surface area contributed by atoms with Crippen LogP contribution >= 0.6 is 11.3 Å². The van der Waals surface area contributed by atoms with Crippen LogP contribution in [0, 0.1) is 6.92 Å². The molecule has 0 spiro atoms. The van der Waals surface area contributed by atoms with Crippen LogP contribution in [-0.2, 0) is 6.42 Å². The van der Waals surface area contributed by atoms with E-state index in [1.807, 2.05) is 13.0 Å². The van der Waals surface area contributed by atoms with Gasteiger partial charge in [0.05, 0.1) is 4.88 Å². The number of aromatic nitrogens is 1. The first-order chi connectivity index (χ1) is 9.19. The summed E-state index contributed by atoms with van der Waals surface area (Å²) in [5, 5.41) is 6.75. The van der Waals surface area contributed by atoms with Crippen molar-refractivity contribution in [2.75, 3.05) is 5.32 Å². The van der Waals surface area contributed by atoms with Crippen LogP contribution in [0.25, 0.3) is 0 Å². The summed E-state index contributed by atoms with van der Waals surface area (Å²) in [7, 11) is 0. The molecule has 1 amide bonds. The number of carbonyl (C=O) groups excluding carboxylic acids is 1. The minimum atomic E-state index is -0.0939. The minimum Gasteiger partial charge on any atom is -0.362 e. The lowest BCUT2D eigenvalue weighted by Crippen LogP contribution is -2.11. The summed E-state index contributed by atoms with van der Waals surface area (Å²) in [4.78, 5) is 14.2. The van der Waals surface area contributed by atoms with Crippen molar-refractivity contribution in [3.05, 3.63) is 33.2 Å². The number of thiophene rings is 1. The average molecular weight is 276 g/mol. The second kappa shape index (κ2) is 4.81. The largest absolute Gasteiger partial charge is 0.362 e. The van der Waals surface area contributed by atoms with Crippen molar-refractivity contribution in [1.29, 1.82) is 0 Å². The van der Waals surface area contributed by atoms with E-state index >= 15 is 0 Å². The summed E-state index contributed by atoms with van der Waals surface area (Å²) < 4.78 is 4.97. The van der Waals surface area contributed by atoms with Crippen LogP contribution in [-0.4, -0.2) is 11.1 Å². The van der Waals surface area contributed by atoms with Crippen LogP contribution in [0.15, 0.2) is 16.9 Å². The van der Waals surface area contributed by atoms with Gasteiger partial charge in [0.25, 0.3) is 5.91 Å². The second-order valence-electron chi connectivity index (χ2n) is 4.92. The van der Waals surface area contributed by atoms with Gasteiger partial charge in [-0.25, -0.2) is 0 Å². The fourth-order valence-corrected chi connectivity index (χ4v) is 3.18. The molecule has 100 valence electrons. The van der Waals surface area contributed by atoms with Crippen LogP contribution in [0.1, 0.15) is 51.4 Å². The van der Waals surface area contributed by atoms with E-state index in [9.17, 15) is 4.79 Å². The van der Waals surface area contributed by atoms with E-state index in [1.165, 1.54) is 10.4 Å². The molecule has 1 saturated carbocycles. The lowest BCUT2D eigenvalue weighted by molar-refractivity contribution is 0.102. The molecule has 1 aliphatic carbocycles. The van der Waals surface area contributed by atoms with Gasteiger partial charge in [0.2, 0.25) is 0 Å². The fourth-order valence-electron chi connectivity index (χ4n) is 2.18. The summed E-state index contributed by atoms with van der Waals surface area (Å²) in [5.41, 5.74) is 2.21. The molecule has 5 heteroatoms. The monoisotopic (exact) mass is 276 g/mol. The normalized spacial score (nSPS) is 14.6. The number of nitrogens with zero attached hydrogens (tertiary/aromatic N) is 1. The molecule has 1 N–H and O–H groups in total. The third-order valence-electron chi connectivity index (χ3n) is 3.41. The third kappa shape index (κ3) is 2.42. The molecule has 1 fully saturated rings. The molecule has 2 heterocycles. The molecule has 2 aromatic rings. The Kier molecular flexibility index (Phi) is 3.14. The molecule has 0 bridgehead atoms. The number of rotatable bonds is 4. The van der Waals surface area contributed by atoms with Crippen LogP contribution in [0.5, 0.6) is 0 Å². The highest BCUT2D eigenvalue weighted by Crippen LogP contribution is 2.43. The summed E-state index contributed by atoms with van der Waals surface area (Å²) >= 11 is 1.55. The first-order valence-corrected chi connectivity index (χ1v) is 7.35. The topological polar surface area (TPSA) is 55.1 Å². The predicted molar refractivity (Wildman–Crippen MR) is 74.9 cm³/mol. The maximum atomic E-state index is 12.2. The Morgan fingerprint density at radius 2 is 2.37 bits per heavy atom. The van der Waals surface area contributed by atoms with Gasteiger partial charge in [-0.3, -0.25) is 4.79 Å². The molecule has 4 nitrogen and oxygen atoms in total. The SMILES string of the molecule is CCc1sc(C(=O)Nc2nocc2C2CC2)cc1C. The quantitative estimate of drug-likeness (QED) is 0.925. The Balaban J connectivity index is 1.78. The first-order valence-electron chi connectivity index (χ1n) is 6.54. The summed E-state index contributed by atoms with van der Waals surface area (Å²) in [5.74, 6) is 0.998. The van der Waals surface area contributed by atoms with Gasteiger partial charge in [0, 0.05) is 10.4 Å². The maximum absolute atomic E-state index is 12.2. The number of nitrogens with one attached hydrogen (secondary N) is 1. The summed E-state index contributed by atoms with van der Waals surface area (Å²) in [6, 6.07) is 1.94. The van der Waals surface area contributed by atoms with Gasteiger partial charge in [-0.2, -0.15) is 0 Å². The van der Waals surface area contributed by atoms with Gasteiger partial charge < -0.3 is 9.84 Å². The zero-order valence-corrected chi connectivity index (χ0v) is 11.8. The van der Waals surface area contributed by atoms with Gasteiger partial charge in [0.1, 0.15) is 6.26 Å². The van der Waals surface area contributed by atoms with E-state index in [-0.39, 0.29) is 5.91 Å². The number of amides is 1. The number of anilines is 1. The molecule has 0 atom stereocenters. The molecule has 0 aromatic carbocycles. The van der Waals surface area contributed by atoms with Gasteiger partial charge in [-0.1, -0.05) is 12.1 Å². The standard InChI is InChI=1S/C14H16N2O2S/c1-3-11-8(2)6-12(19-11)14(17)15-13-10(7-18-16-13)9-4-5-9/h6-7,9H,3-5H2,1-2H3,(H,15,16,17). The van der Waals surface area contributed by atoms with E-state index in [4.69, 9.17) is 4.52 Å². The molecular formula is C14H16N2O2S. The number of hydrogen-bond donors (Lipinski definition) is 1. The smallest absolute Gasteiger partial charge is 0.266 e. The average Bonchev–Trinajstić information content (AvgIpc) is 3.02. The van der Waals surface area contributed by atoms with E-state index in [1.54, 1.807) is 17.6 Å². The summed E-state index contributed by atoms with van der Waals surface area (Å²) in [6.07, 6.45) is 4.91. The second-order valence-corrected chi connectivity index (χ2v) is 6.05. The van der Waals surface area contributed by atoms with Gasteiger partial charge in [-0.05, 0) is 43.7 Å². The zero-order chi connectivity index (χ0) is 13.4. The Hall–Kier alpha value is -1.62. The Morgan fingerprint density at radius 3 is 3.00 bits per heavy atom. The van der Waals surface area contributed by atoms with Crippen molar-refractivity contribution in [2.45, 2.75) is 39.0 Å². The van der Waals surface area contributed by atoms with Crippen molar-refractivity contribution >= 4 is 23.1 Å². The van der Waals surface area contributed by atoms with Crippen LogP contribution in [0.2, 0.25) is 0 Å². The number of carbonyl (C=O) groups is 1. The number of hydrogen-bond acceptors (Lipinski definition) is 4. The van der Waals surface area contributed by atoms with Crippen molar-refractivity contribution in [3.63, 3.8) is 0 Å². The van der Waals surface area contributed by atoms with Crippen LogP contribution in [0.4, 0.5) is 5.82 Å². The molecular weight excluding hydrogens is 260 g/mol. The highest BCUT2D eigenvalue weighted by Gasteiger charge is 2.29. The van der Waals surface area contributed by atoms with E-state index in [0.717, 1.165) is 29.7 Å². The minimum absolute atomic E-state index is 0.0939. The van der Waals surface area contributed by atoms with Crippen molar-refractivity contribution in [1.82, 2.24) is 5.16 Å². The Bertz CT molecular complexity index is 611. The van der Waals surface area contributed by atoms with Gasteiger partial charge in [-0.15, -0.1) is 11.3 Å². The lowest BCUT2D eigenvalue weighted by Gasteiger charge is -2.00. The van der Waals surface area contributed by atoms with Crippen LogP contribution < -0.4 is 5.32 Å². The molecule has 3 rings (SSSR count). The summed E-state index contributed by atoms with van der Waals surface area (Å²) in [6.45, 7) is 4.14. The lowest BCUT2D eigenvalue weighted by atomic mass is 10.2. The molecule has 0 radical (unpaired) electrons. The zero-order valence-electron chi connectivity index (χ0n) is 11.0. The van der Waals surface area contributed by atoms with Crippen LogP contribution in [0.3, 0.4) is 0 Å². The molecule has 2 aromatic heterocycles. The molecule has 0 saturated heterocycles. The third-order valence-corrected chi connectivity index (χ3v) is 4.79. The van der Waals surface area contributed by atoms with Crippen molar-refractivity contribution < 1.29 is 9.32 Å². The first kappa shape index (κ1) is 12.4. The van der Waals surface area contributed by atoms with Gasteiger partial charge in [0.15, 0.2) is 5.82 Å². The van der Waals surface area contributed by atoms with E-state index in [2.05, 4.69) is 17.4 Å². The molecule has 1 aliphatic rings. The van der Waals surface area contributed by atoms with Crippen molar-refractivity contribution in [3.8, 4) is 0 Å². The molecule has 0 aliphatic heterocycles.